The highest BCUT2D eigenvalue weighted by molar-refractivity contribution is 7.89. The van der Waals surface area contributed by atoms with Crippen molar-refractivity contribution in [2.24, 2.45) is 18.9 Å². The van der Waals surface area contributed by atoms with E-state index in [-0.39, 0.29) is 4.90 Å². The summed E-state index contributed by atoms with van der Waals surface area (Å²) in [6, 6.07) is 8.54. The van der Waals surface area contributed by atoms with Gasteiger partial charge in [-0.2, -0.15) is 9.40 Å². The number of aromatic nitrogens is 4. The molecule has 2 saturated heterocycles. The second-order valence-corrected chi connectivity index (χ2v) is 10.4. The Kier molecular flexibility index (Phi) is 4.22. The van der Waals surface area contributed by atoms with Crippen LogP contribution in [-0.4, -0.2) is 58.2 Å². The smallest absolute Gasteiger partial charge is 0.246 e. The summed E-state index contributed by atoms with van der Waals surface area (Å²) in [7, 11) is -1.74. The average Bonchev–Trinajstić information content (AvgIpc) is 3.41. The molecule has 0 amide bonds. The number of sulfonamides is 1. The second-order valence-electron chi connectivity index (χ2n) is 8.46. The molecule has 0 saturated carbocycles. The Hall–Kier alpha value is -2.39. The number of imidazole rings is 1. The molecule has 0 radical (unpaired) electrons. The van der Waals surface area contributed by atoms with Gasteiger partial charge >= 0.3 is 0 Å². The van der Waals surface area contributed by atoms with Crippen LogP contribution < -0.4 is 4.90 Å². The molecule has 0 aliphatic carbocycles. The van der Waals surface area contributed by atoms with E-state index in [0.717, 1.165) is 30.1 Å². The standard InChI is InChI=1S/C20H26N6O2S/c1-14(2)26-19-7-5-4-6-18(19)22-20(26)24-9-15-11-25(12-16(15)10-24)29(27,28)17-8-21-23(3)13-17/h4-8,13-16H,9-12H2,1-3H3. The quantitative estimate of drug-likeness (QED) is 0.654. The summed E-state index contributed by atoms with van der Waals surface area (Å²) in [5.74, 6) is 1.64. The Morgan fingerprint density at radius 3 is 2.38 bits per heavy atom. The van der Waals surface area contributed by atoms with E-state index in [1.807, 2.05) is 12.1 Å². The van der Waals surface area contributed by atoms with Crippen molar-refractivity contribution in [2.75, 3.05) is 31.1 Å². The number of nitrogens with zero attached hydrogens (tertiary/aromatic N) is 6. The van der Waals surface area contributed by atoms with Crippen molar-refractivity contribution in [3.8, 4) is 0 Å². The lowest BCUT2D eigenvalue weighted by molar-refractivity contribution is 0.452. The first kappa shape index (κ1) is 18.6. The van der Waals surface area contributed by atoms with Crippen LogP contribution in [0.15, 0.2) is 41.6 Å². The van der Waals surface area contributed by atoms with Crippen molar-refractivity contribution in [3.63, 3.8) is 0 Å². The van der Waals surface area contributed by atoms with Crippen molar-refractivity contribution in [1.29, 1.82) is 0 Å². The van der Waals surface area contributed by atoms with E-state index in [1.165, 1.54) is 10.9 Å². The number of anilines is 1. The van der Waals surface area contributed by atoms with E-state index in [4.69, 9.17) is 4.98 Å². The van der Waals surface area contributed by atoms with Crippen LogP contribution in [0.2, 0.25) is 0 Å². The fraction of sp³-hybridized carbons (Fsp3) is 0.500. The molecule has 2 fully saturated rings. The van der Waals surface area contributed by atoms with E-state index in [2.05, 4.69) is 40.5 Å². The van der Waals surface area contributed by atoms with Crippen molar-refractivity contribution >= 4 is 27.0 Å². The number of fused-ring (bicyclic) bond motifs is 2. The van der Waals surface area contributed by atoms with Crippen molar-refractivity contribution in [3.05, 3.63) is 36.7 Å². The Balaban J connectivity index is 1.38. The highest BCUT2D eigenvalue weighted by Crippen LogP contribution is 2.37. The number of benzene rings is 1. The molecule has 2 aliphatic heterocycles. The first-order chi connectivity index (χ1) is 13.8. The second kappa shape index (κ2) is 6.56. The third-order valence-electron chi connectivity index (χ3n) is 6.15. The Labute approximate surface area is 170 Å². The van der Waals surface area contributed by atoms with Crippen LogP contribution in [-0.2, 0) is 17.1 Å². The molecule has 29 heavy (non-hydrogen) atoms. The molecule has 3 aromatic rings. The van der Waals surface area contributed by atoms with Gasteiger partial charge in [-0.1, -0.05) is 12.1 Å². The Bertz CT molecular complexity index is 1150. The molecule has 0 N–H and O–H groups in total. The van der Waals surface area contributed by atoms with E-state index < -0.39 is 10.0 Å². The minimum absolute atomic E-state index is 0.276. The Morgan fingerprint density at radius 1 is 1.07 bits per heavy atom. The maximum Gasteiger partial charge on any atom is 0.246 e. The summed E-state index contributed by atoms with van der Waals surface area (Å²) in [4.78, 5) is 7.52. The third-order valence-corrected chi connectivity index (χ3v) is 7.93. The minimum Gasteiger partial charge on any atom is -0.342 e. The van der Waals surface area contributed by atoms with Gasteiger partial charge in [-0.15, -0.1) is 0 Å². The number of aryl methyl sites for hydroxylation is 1. The Morgan fingerprint density at radius 2 is 1.76 bits per heavy atom. The predicted molar refractivity (Wildman–Crippen MR) is 111 cm³/mol. The molecule has 2 atom stereocenters. The van der Waals surface area contributed by atoms with Gasteiger partial charge in [-0.05, 0) is 37.8 Å². The van der Waals surface area contributed by atoms with Gasteiger partial charge in [0.25, 0.3) is 0 Å². The van der Waals surface area contributed by atoms with Gasteiger partial charge in [-0.25, -0.2) is 13.4 Å². The summed E-state index contributed by atoms with van der Waals surface area (Å²) in [5, 5.41) is 4.02. The molecule has 8 nitrogen and oxygen atoms in total. The molecule has 154 valence electrons. The van der Waals surface area contributed by atoms with E-state index in [9.17, 15) is 8.42 Å². The minimum atomic E-state index is -3.47. The lowest BCUT2D eigenvalue weighted by Crippen LogP contribution is -2.34. The highest BCUT2D eigenvalue weighted by atomic mass is 32.2. The average molecular weight is 415 g/mol. The maximum absolute atomic E-state index is 12.9. The van der Waals surface area contributed by atoms with E-state index in [1.54, 1.807) is 17.5 Å². The summed E-state index contributed by atoms with van der Waals surface area (Å²) in [5.41, 5.74) is 2.16. The maximum atomic E-state index is 12.9. The van der Waals surface area contributed by atoms with Gasteiger partial charge in [0.05, 0.1) is 17.2 Å². The van der Waals surface area contributed by atoms with Crippen LogP contribution in [0.5, 0.6) is 0 Å². The van der Waals surface area contributed by atoms with Gasteiger partial charge in [0.2, 0.25) is 16.0 Å². The molecule has 5 rings (SSSR count). The van der Waals surface area contributed by atoms with Gasteiger partial charge in [0.15, 0.2) is 0 Å². The molecular weight excluding hydrogens is 388 g/mol. The number of para-hydroxylation sites is 2. The van der Waals surface area contributed by atoms with Crippen LogP contribution in [0.3, 0.4) is 0 Å². The van der Waals surface area contributed by atoms with Gasteiger partial charge in [0.1, 0.15) is 4.90 Å². The van der Waals surface area contributed by atoms with Crippen LogP contribution >= 0.6 is 0 Å². The molecule has 2 unspecified atom stereocenters. The number of hydrogen-bond acceptors (Lipinski definition) is 5. The zero-order valence-electron chi connectivity index (χ0n) is 16.9. The largest absolute Gasteiger partial charge is 0.342 e. The molecule has 2 aliphatic rings. The zero-order chi connectivity index (χ0) is 20.3. The fourth-order valence-corrected chi connectivity index (χ4v) is 6.29. The molecular formula is C20H26N6O2S. The summed E-state index contributed by atoms with van der Waals surface area (Å²) >= 11 is 0. The molecule has 0 spiro atoms. The van der Waals surface area contributed by atoms with E-state index in [0.29, 0.717) is 31.0 Å². The lowest BCUT2D eigenvalue weighted by Gasteiger charge is -2.24. The van der Waals surface area contributed by atoms with Crippen molar-refractivity contribution in [1.82, 2.24) is 23.6 Å². The monoisotopic (exact) mass is 414 g/mol. The summed E-state index contributed by atoms with van der Waals surface area (Å²) in [6.07, 6.45) is 3.00. The van der Waals surface area contributed by atoms with Crippen molar-refractivity contribution in [2.45, 2.75) is 24.8 Å². The van der Waals surface area contributed by atoms with Gasteiger partial charge < -0.3 is 9.47 Å². The summed E-state index contributed by atoms with van der Waals surface area (Å²) in [6.45, 7) is 7.13. The SMILES string of the molecule is CC(C)n1c(N2CC3CN(S(=O)(=O)c4cnn(C)c4)CC3C2)nc2ccccc21. The van der Waals surface area contributed by atoms with Crippen LogP contribution in [0.25, 0.3) is 11.0 Å². The van der Waals surface area contributed by atoms with Gasteiger partial charge in [-0.3, -0.25) is 4.68 Å². The first-order valence-electron chi connectivity index (χ1n) is 10.1. The van der Waals surface area contributed by atoms with Gasteiger partial charge in [0, 0.05) is 45.5 Å². The fourth-order valence-electron chi connectivity index (χ4n) is 4.75. The van der Waals surface area contributed by atoms with Crippen LogP contribution in [0.1, 0.15) is 19.9 Å². The number of hydrogen-bond donors (Lipinski definition) is 0. The first-order valence-corrected chi connectivity index (χ1v) is 11.5. The molecule has 0 bridgehead atoms. The van der Waals surface area contributed by atoms with Crippen molar-refractivity contribution < 1.29 is 8.42 Å². The third kappa shape index (κ3) is 2.95. The molecule has 4 heterocycles. The molecule has 1 aromatic carbocycles. The summed E-state index contributed by atoms with van der Waals surface area (Å²) < 4.78 is 31.3. The molecule has 2 aromatic heterocycles. The lowest BCUT2D eigenvalue weighted by atomic mass is 10.0. The predicted octanol–water partition coefficient (Wildman–Crippen LogP) is 2.11. The topological polar surface area (TPSA) is 76.3 Å². The zero-order valence-corrected chi connectivity index (χ0v) is 17.7. The van der Waals surface area contributed by atoms with E-state index >= 15 is 0 Å². The van der Waals surface area contributed by atoms with Crippen LogP contribution in [0, 0.1) is 11.8 Å². The number of rotatable bonds is 4. The highest BCUT2D eigenvalue weighted by Gasteiger charge is 2.45. The van der Waals surface area contributed by atoms with Crippen LogP contribution in [0.4, 0.5) is 5.95 Å². The normalized spacial score (nSPS) is 22.8. The molecule has 9 heteroatoms.